The van der Waals surface area contributed by atoms with Crippen molar-refractivity contribution in [1.29, 1.82) is 5.26 Å². The van der Waals surface area contributed by atoms with Crippen LogP contribution in [0.1, 0.15) is 32.1 Å². The second-order valence-electron chi connectivity index (χ2n) is 4.24. The van der Waals surface area contributed by atoms with Crippen LogP contribution in [0.5, 0.6) is 0 Å². The molecule has 2 aromatic heterocycles. The van der Waals surface area contributed by atoms with E-state index in [0.29, 0.717) is 16.1 Å². The van der Waals surface area contributed by atoms with Crippen molar-refractivity contribution < 1.29 is 4.79 Å². The molecule has 1 amide bonds. The van der Waals surface area contributed by atoms with Crippen LogP contribution in [0.4, 0.5) is 5.00 Å². The van der Waals surface area contributed by atoms with Crippen molar-refractivity contribution in [3.05, 3.63) is 45.6 Å². The van der Waals surface area contributed by atoms with E-state index in [2.05, 4.69) is 16.4 Å². The molecule has 0 aromatic carbocycles. The SMILES string of the molecule is Cc1ccc(C(=O)Nc2sc(C)c(C)c2C#N)cn1. The van der Waals surface area contributed by atoms with Crippen LogP contribution in [0.3, 0.4) is 0 Å². The molecule has 4 nitrogen and oxygen atoms in total. The van der Waals surface area contributed by atoms with E-state index in [1.54, 1.807) is 12.1 Å². The average Bonchev–Trinajstić information content (AvgIpc) is 2.65. The molecular formula is C14H13N3OS. The van der Waals surface area contributed by atoms with Crippen LogP contribution in [0.25, 0.3) is 0 Å². The number of hydrogen-bond acceptors (Lipinski definition) is 4. The van der Waals surface area contributed by atoms with Crippen molar-refractivity contribution in [3.63, 3.8) is 0 Å². The Morgan fingerprint density at radius 3 is 2.68 bits per heavy atom. The molecule has 0 unspecified atom stereocenters. The Balaban J connectivity index is 2.27. The van der Waals surface area contributed by atoms with Gasteiger partial charge in [-0.05, 0) is 38.5 Å². The van der Waals surface area contributed by atoms with E-state index in [1.807, 2.05) is 20.8 Å². The number of rotatable bonds is 2. The number of nitrogens with zero attached hydrogens (tertiary/aromatic N) is 2. The van der Waals surface area contributed by atoms with Crippen molar-refractivity contribution in [2.45, 2.75) is 20.8 Å². The largest absolute Gasteiger partial charge is 0.312 e. The van der Waals surface area contributed by atoms with Gasteiger partial charge in [-0.25, -0.2) is 0 Å². The van der Waals surface area contributed by atoms with Crippen molar-refractivity contribution >= 4 is 22.2 Å². The quantitative estimate of drug-likeness (QED) is 0.912. The standard InChI is InChI=1S/C14H13N3OS/c1-8-4-5-11(7-16-8)13(18)17-14-12(6-15)9(2)10(3)19-14/h4-5,7H,1-3H3,(H,17,18). The van der Waals surface area contributed by atoms with E-state index in [4.69, 9.17) is 5.26 Å². The van der Waals surface area contributed by atoms with Gasteiger partial charge in [0.15, 0.2) is 0 Å². The first-order valence-corrected chi connectivity index (χ1v) is 6.58. The minimum atomic E-state index is -0.245. The van der Waals surface area contributed by atoms with E-state index in [-0.39, 0.29) is 5.91 Å². The van der Waals surface area contributed by atoms with E-state index in [9.17, 15) is 4.79 Å². The van der Waals surface area contributed by atoms with Gasteiger partial charge >= 0.3 is 0 Å². The maximum absolute atomic E-state index is 12.1. The van der Waals surface area contributed by atoms with Crippen molar-refractivity contribution in [2.24, 2.45) is 0 Å². The summed E-state index contributed by atoms with van der Waals surface area (Å²) < 4.78 is 0. The molecule has 0 saturated carbocycles. The molecule has 2 rings (SSSR count). The van der Waals surface area contributed by atoms with E-state index < -0.39 is 0 Å². The van der Waals surface area contributed by atoms with Gasteiger partial charge in [0.25, 0.3) is 5.91 Å². The normalized spacial score (nSPS) is 10.0. The number of hydrogen-bond donors (Lipinski definition) is 1. The summed E-state index contributed by atoms with van der Waals surface area (Å²) in [7, 11) is 0. The molecule has 0 aliphatic carbocycles. The summed E-state index contributed by atoms with van der Waals surface area (Å²) in [4.78, 5) is 17.2. The first-order valence-electron chi connectivity index (χ1n) is 5.77. The smallest absolute Gasteiger partial charge is 0.257 e. The zero-order valence-corrected chi connectivity index (χ0v) is 11.8. The molecule has 0 spiro atoms. The highest BCUT2D eigenvalue weighted by Gasteiger charge is 2.15. The molecule has 2 aromatic rings. The highest BCUT2D eigenvalue weighted by molar-refractivity contribution is 7.16. The van der Waals surface area contributed by atoms with Crippen molar-refractivity contribution in [3.8, 4) is 6.07 Å². The predicted molar refractivity (Wildman–Crippen MR) is 75.4 cm³/mol. The fourth-order valence-electron chi connectivity index (χ4n) is 1.63. The molecule has 0 bridgehead atoms. The molecule has 19 heavy (non-hydrogen) atoms. The molecule has 1 N–H and O–H groups in total. The number of carbonyl (C=O) groups excluding carboxylic acids is 1. The second-order valence-corrected chi connectivity index (χ2v) is 5.47. The number of nitrogens with one attached hydrogen (secondary N) is 1. The monoisotopic (exact) mass is 271 g/mol. The lowest BCUT2D eigenvalue weighted by atomic mass is 10.2. The van der Waals surface area contributed by atoms with Crippen molar-refractivity contribution in [2.75, 3.05) is 5.32 Å². The number of carbonyl (C=O) groups is 1. The van der Waals surface area contributed by atoms with Gasteiger partial charge < -0.3 is 5.32 Å². The van der Waals surface area contributed by atoms with Crippen LogP contribution < -0.4 is 5.32 Å². The van der Waals surface area contributed by atoms with Gasteiger partial charge in [-0.2, -0.15) is 5.26 Å². The molecule has 0 fully saturated rings. The lowest BCUT2D eigenvalue weighted by Crippen LogP contribution is -2.12. The fourth-order valence-corrected chi connectivity index (χ4v) is 2.63. The number of aryl methyl sites for hydroxylation is 2. The molecule has 2 heterocycles. The van der Waals surface area contributed by atoms with Crippen LogP contribution in [-0.4, -0.2) is 10.9 Å². The van der Waals surface area contributed by atoms with Crippen LogP contribution in [0, 0.1) is 32.1 Å². The highest BCUT2D eigenvalue weighted by Crippen LogP contribution is 2.31. The Kier molecular flexibility index (Phi) is 3.63. The number of thiophene rings is 1. The fraction of sp³-hybridized carbons (Fsp3) is 0.214. The van der Waals surface area contributed by atoms with E-state index >= 15 is 0 Å². The zero-order chi connectivity index (χ0) is 14.0. The van der Waals surface area contributed by atoms with E-state index in [1.165, 1.54) is 17.5 Å². The Morgan fingerprint density at radius 2 is 2.11 bits per heavy atom. The predicted octanol–water partition coefficient (Wildman–Crippen LogP) is 3.19. The second kappa shape index (κ2) is 5.21. The third-order valence-electron chi connectivity index (χ3n) is 2.90. The van der Waals surface area contributed by atoms with Gasteiger partial charge in [-0.15, -0.1) is 11.3 Å². The molecule has 0 aliphatic rings. The molecular weight excluding hydrogens is 258 g/mol. The van der Waals surface area contributed by atoms with Crippen LogP contribution in [0.2, 0.25) is 0 Å². The first-order chi connectivity index (χ1) is 9.02. The summed E-state index contributed by atoms with van der Waals surface area (Å²) in [5, 5.41) is 12.5. The molecule has 0 radical (unpaired) electrons. The Bertz CT molecular complexity index is 665. The summed E-state index contributed by atoms with van der Waals surface area (Å²) in [6.07, 6.45) is 1.53. The van der Waals surface area contributed by atoms with E-state index in [0.717, 1.165) is 16.1 Å². The van der Waals surface area contributed by atoms with Crippen LogP contribution >= 0.6 is 11.3 Å². The number of pyridine rings is 1. The lowest BCUT2D eigenvalue weighted by molar-refractivity contribution is 0.102. The maximum Gasteiger partial charge on any atom is 0.257 e. The third kappa shape index (κ3) is 2.64. The van der Waals surface area contributed by atoms with Gasteiger partial charge in [0.05, 0.1) is 11.1 Å². The van der Waals surface area contributed by atoms with Crippen LogP contribution in [0.15, 0.2) is 18.3 Å². The molecule has 0 aliphatic heterocycles. The molecule has 96 valence electrons. The summed E-state index contributed by atoms with van der Waals surface area (Å²) in [5.74, 6) is -0.245. The Hall–Kier alpha value is -2.19. The maximum atomic E-state index is 12.1. The van der Waals surface area contributed by atoms with Gasteiger partial charge in [0, 0.05) is 16.8 Å². The van der Waals surface area contributed by atoms with Crippen molar-refractivity contribution in [1.82, 2.24) is 4.98 Å². The van der Waals surface area contributed by atoms with Gasteiger partial charge in [-0.3, -0.25) is 9.78 Å². The minimum Gasteiger partial charge on any atom is -0.312 e. The number of aromatic nitrogens is 1. The highest BCUT2D eigenvalue weighted by atomic mass is 32.1. The molecule has 5 heteroatoms. The summed E-state index contributed by atoms with van der Waals surface area (Å²) in [6, 6.07) is 5.63. The number of anilines is 1. The first kappa shape index (κ1) is 13.2. The van der Waals surface area contributed by atoms with Crippen LogP contribution in [-0.2, 0) is 0 Å². The Morgan fingerprint density at radius 1 is 1.37 bits per heavy atom. The van der Waals surface area contributed by atoms with Gasteiger partial charge in [0.1, 0.15) is 11.1 Å². The molecule has 0 saturated heterocycles. The topological polar surface area (TPSA) is 65.8 Å². The lowest BCUT2D eigenvalue weighted by Gasteiger charge is -2.03. The summed E-state index contributed by atoms with van der Waals surface area (Å²) in [6.45, 7) is 5.68. The average molecular weight is 271 g/mol. The minimum absolute atomic E-state index is 0.245. The van der Waals surface area contributed by atoms with Gasteiger partial charge in [0.2, 0.25) is 0 Å². The number of nitriles is 1. The molecule has 0 atom stereocenters. The zero-order valence-electron chi connectivity index (χ0n) is 10.9. The Labute approximate surface area is 115 Å². The summed E-state index contributed by atoms with van der Waals surface area (Å²) >= 11 is 1.42. The summed E-state index contributed by atoms with van der Waals surface area (Å²) in [5.41, 5.74) is 2.80. The third-order valence-corrected chi connectivity index (χ3v) is 4.02. The van der Waals surface area contributed by atoms with Gasteiger partial charge in [-0.1, -0.05) is 0 Å². The number of amides is 1.